The molecule has 13 aromatic rings. The monoisotopic (exact) mass is 1060 g/mol. The molecule has 83 heavy (non-hydrogen) atoms. The Balaban J connectivity index is 1.16. The van der Waals surface area contributed by atoms with Gasteiger partial charge in [-0.3, -0.25) is 0 Å². The van der Waals surface area contributed by atoms with Gasteiger partial charge in [0.15, 0.2) is 5.58 Å². The predicted molar refractivity (Wildman–Crippen MR) is 386 cm³/mol. The number of hydrogen-bond acceptors (Lipinski definition) is 4. The fourth-order valence-corrected chi connectivity index (χ4v) is 14.7. The Bertz CT molecular complexity index is 5000. The molecule has 2 aliphatic heterocycles. The molecule has 0 saturated carbocycles. The van der Waals surface area contributed by atoms with Crippen LogP contribution < -0.4 is 75.4 Å². The van der Waals surface area contributed by atoms with E-state index in [1.807, 2.05) is 0 Å². The van der Waals surface area contributed by atoms with Crippen LogP contribution in [0.15, 0.2) is 160 Å². The fraction of sp³-hybridized carbons (Fsp3) is 0.118. The molecule has 3 aromatic heterocycles. The van der Waals surface area contributed by atoms with E-state index in [1.165, 1.54) is 98.7 Å². The van der Waals surface area contributed by atoms with Gasteiger partial charge in [0.05, 0.1) is 16.9 Å². The van der Waals surface area contributed by atoms with E-state index >= 15 is 0 Å². The van der Waals surface area contributed by atoms with Crippen LogP contribution in [0, 0.1) is 0 Å². The number of para-hydroxylation sites is 3. The minimum Gasteiger partial charge on any atom is -0.456 e. The summed E-state index contributed by atoms with van der Waals surface area (Å²) in [6.07, 6.45) is 0. The quantitative estimate of drug-likeness (QED) is 0.250. The van der Waals surface area contributed by atoms with Crippen molar-refractivity contribution in [2.45, 2.75) is 52.4 Å². The van der Waals surface area contributed by atoms with E-state index in [0.717, 1.165) is 94.6 Å². The molecule has 2 aliphatic rings. The molecule has 0 atom stereocenters. The highest BCUT2D eigenvalue weighted by molar-refractivity contribution is 7.02. The van der Waals surface area contributed by atoms with Crippen LogP contribution in [0.5, 0.6) is 0 Å². The number of aromatic nitrogens is 1. The normalized spacial score (nSPS) is 13.3. The van der Waals surface area contributed by atoms with Crippen LogP contribution in [-0.4, -0.2) is 81.9 Å². The van der Waals surface area contributed by atoms with E-state index in [2.05, 4.69) is 278 Å². The lowest BCUT2D eigenvalue weighted by Crippen LogP contribution is -2.63. The van der Waals surface area contributed by atoms with Gasteiger partial charge in [-0.2, -0.15) is 0 Å². The number of fused-ring (bicyclic) bond motifs is 16. The third-order valence-corrected chi connectivity index (χ3v) is 19.9. The number of hydrogen-bond donors (Lipinski definition) is 0. The molecule has 390 valence electrons. The molecule has 0 spiro atoms. The standard InChI is InChI=1S/C68H61B10N3O2/c1-67(2,3)33-24-27-42-39(28-33)50-51(69)52(70)54(72)57(75)62(50)79(42)35-25-26-40-43(31-35)80(41-21-13-10-18-36(41)32-16-8-7-9-17-32)44-29-34(68(4,5)6)30-45-60(44)78(40)61-64(81(45)63-58(76)55(73)53(71)56(74)59(63)77)66-49(38-20-12-15-23-47(38)83-66)48-37-19-11-14-22-46(37)82-65(48)61/h7-31H,69-77H2,1-6H3. The summed E-state index contributed by atoms with van der Waals surface area (Å²) in [4.78, 5) is 5.26. The van der Waals surface area contributed by atoms with Gasteiger partial charge in [-0.05, 0) is 93.0 Å². The second-order valence-corrected chi connectivity index (χ2v) is 26.3. The van der Waals surface area contributed by atoms with Gasteiger partial charge >= 0.3 is 0 Å². The van der Waals surface area contributed by atoms with Crippen LogP contribution >= 0.6 is 0 Å². The predicted octanol–water partition coefficient (Wildman–Crippen LogP) is 1.25. The van der Waals surface area contributed by atoms with Crippen LogP contribution in [0.2, 0.25) is 0 Å². The molecule has 15 rings (SSSR count). The highest BCUT2D eigenvalue weighted by Gasteiger charge is 2.48. The van der Waals surface area contributed by atoms with Gasteiger partial charge in [0, 0.05) is 77.3 Å². The Morgan fingerprint density at radius 1 is 0.398 bits per heavy atom. The fourth-order valence-electron chi connectivity index (χ4n) is 14.7. The van der Waals surface area contributed by atoms with Gasteiger partial charge < -0.3 is 23.2 Å². The molecule has 5 nitrogen and oxygen atoms in total. The molecule has 0 amide bonds. The summed E-state index contributed by atoms with van der Waals surface area (Å²) in [5.41, 5.74) is 33.8. The Hall–Kier alpha value is -8.15. The van der Waals surface area contributed by atoms with E-state index in [4.69, 9.17) is 8.83 Å². The molecule has 0 saturated heterocycles. The molecular formula is C68H61B10N3O2. The van der Waals surface area contributed by atoms with Crippen LogP contribution in [0.1, 0.15) is 52.7 Å². The number of anilines is 6. The summed E-state index contributed by atoms with van der Waals surface area (Å²) in [5.74, 6) is 0. The summed E-state index contributed by atoms with van der Waals surface area (Å²) < 4.78 is 17.6. The first-order valence-electron chi connectivity index (χ1n) is 29.7. The first-order chi connectivity index (χ1) is 39.7. The lowest BCUT2D eigenvalue weighted by atomic mass is 9.33. The van der Waals surface area contributed by atoms with Gasteiger partial charge in [-0.25, -0.2) is 0 Å². The van der Waals surface area contributed by atoms with Crippen LogP contribution in [-0.2, 0) is 10.8 Å². The largest absolute Gasteiger partial charge is 0.456 e. The molecule has 5 heterocycles. The zero-order valence-electron chi connectivity index (χ0n) is 50.7. The Labute approximate surface area is 494 Å². The van der Waals surface area contributed by atoms with E-state index in [9.17, 15) is 0 Å². The van der Waals surface area contributed by atoms with Crippen LogP contribution in [0.4, 0.5) is 34.1 Å². The SMILES string of the molecule is Bc1c(B)c(B)c(N2c3cc(C(C)(C)C)cc4c3B(c3ccc(-n5c6ccc(C(C)(C)C)cc6c6c(B)c(B)c(B)c(B)c65)cc3N4c3ccccc3-c3ccccc3)c3c2c2oc4ccccc4c2c2c3oc3ccccc32)c(B)c1B. The van der Waals surface area contributed by atoms with Crippen molar-refractivity contribution in [3.8, 4) is 16.8 Å². The van der Waals surface area contributed by atoms with Crippen molar-refractivity contribution in [1.29, 1.82) is 0 Å². The van der Waals surface area contributed by atoms with Crippen molar-refractivity contribution in [1.82, 2.24) is 4.57 Å². The van der Waals surface area contributed by atoms with Gasteiger partial charge in [0.25, 0.3) is 6.71 Å². The van der Waals surface area contributed by atoms with Gasteiger partial charge in [0.2, 0.25) is 0 Å². The smallest absolute Gasteiger partial charge is 0.257 e. The molecule has 0 aliphatic carbocycles. The van der Waals surface area contributed by atoms with Gasteiger partial charge in [0.1, 0.15) is 87.4 Å². The summed E-state index contributed by atoms with van der Waals surface area (Å²) in [5, 5.41) is 6.95. The topological polar surface area (TPSA) is 37.7 Å². The lowest BCUT2D eigenvalue weighted by molar-refractivity contribution is 0.590. The zero-order chi connectivity index (χ0) is 57.6. The molecule has 0 unspecified atom stereocenters. The molecule has 15 heteroatoms. The minimum absolute atomic E-state index is 0.0263. The summed E-state index contributed by atoms with van der Waals surface area (Å²) in [6, 6.07) is 56.9. The van der Waals surface area contributed by atoms with Crippen LogP contribution in [0.3, 0.4) is 0 Å². The second-order valence-electron chi connectivity index (χ2n) is 26.3. The maximum absolute atomic E-state index is 7.55. The van der Waals surface area contributed by atoms with E-state index in [-0.39, 0.29) is 17.5 Å². The third kappa shape index (κ3) is 7.15. The average Bonchev–Trinajstić information content (AvgIpc) is 1.80. The van der Waals surface area contributed by atoms with Crippen molar-refractivity contribution in [2.75, 3.05) is 9.80 Å². The lowest BCUT2D eigenvalue weighted by Gasteiger charge is -2.46. The highest BCUT2D eigenvalue weighted by Crippen LogP contribution is 2.52. The van der Waals surface area contributed by atoms with Crippen molar-refractivity contribution in [2.24, 2.45) is 0 Å². The maximum atomic E-state index is 7.55. The zero-order valence-corrected chi connectivity index (χ0v) is 50.7. The third-order valence-electron chi connectivity index (χ3n) is 19.9. The number of rotatable bonds is 4. The Kier molecular flexibility index (Phi) is 11.2. The summed E-state index contributed by atoms with van der Waals surface area (Å²) >= 11 is 0. The second kappa shape index (κ2) is 17.9. The molecule has 0 N–H and O–H groups in total. The average molecular weight is 1060 g/mol. The maximum Gasteiger partial charge on any atom is 0.257 e. The minimum atomic E-state index is -0.292. The molecular weight excluding hydrogens is 999 g/mol. The number of benzene rings is 10. The van der Waals surface area contributed by atoms with E-state index in [0.29, 0.717) is 0 Å². The van der Waals surface area contributed by atoms with Crippen LogP contribution in [0.25, 0.3) is 82.5 Å². The summed E-state index contributed by atoms with van der Waals surface area (Å²) in [7, 11) is 20.8. The van der Waals surface area contributed by atoms with Gasteiger partial charge in [-0.1, -0.05) is 177 Å². The molecule has 0 bridgehead atoms. The Morgan fingerprint density at radius 3 is 1.61 bits per heavy atom. The van der Waals surface area contributed by atoms with Crippen molar-refractivity contribution >= 4 is 243 Å². The first-order valence-corrected chi connectivity index (χ1v) is 29.7. The summed E-state index contributed by atoms with van der Waals surface area (Å²) in [6.45, 7) is 13.8. The molecule has 0 fully saturated rings. The van der Waals surface area contributed by atoms with Crippen molar-refractivity contribution in [3.63, 3.8) is 0 Å². The highest BCUT2D eigenvalue weighted by atomic mass is 16.3. The molecule has 0 radical (unpaired) electrons. The molecule has 10 aromatic carbocycles. The van der Waals surface area contributed by atoms with E-state index in [1.54, 1.807) is 0 Å². The van der Waals surface area contributed by atoms with Crippen molar-refractivity contribution in [3.05, 3.63) is 163 Å². The van der Waals surface area contributed by atoms with Crippen molar-refractivity contribution < 1.29 is 8.83 Å². The van der Waals surface area contributed by atoms with E-state index < -0.39 is 0 Å². The number of nitrogens with zero attached hydrogens (tertiary/aromatic N) is 3. The van der Waals surface area contributed by atoms with Gasteiger partial charge in [-0.15, -0.1) is 10.9 Å². The first kappa shape index (κ1) is 51.7. The Morgan fingerprint density at radius 2 is 0.952 bits per heavy atom. The number of furan rings is 2.